The van der Waals surface area contributed by atoms with Gasteiger partial charge in [-0.1, -0.05) is 37.3 Å². The van der Waals surface area contributed by atoms with Crippen molar-refractivity contribution in [1.29, 1.82) is 0 Å². The number of nitrogens with zero attached hydrogens (tertiary/aromatic N) is 4. The SMILES string of the molecule is CCc1nc(CN(C)CC(=O)N2CCN(S(=O)(=O)c3ccc4ccccc4c3)CC2)cs1. The normalized spacial score (nSPS) is 15.5. The van der Waals surface area contributed by atoms with Gasteiger partial charge in [-0.25, -0.2) is 13.4 Å². The second kappa shape index (κ2) is 9.66. The summed E-state index contributed by atoms with van der Waals surface area (Å²) in [6, 6.07) is 12.9. The standard InChI is InChI=1S/C23H28N4O3S2/c1-3-22-24-20(17-31-22)15-25(2)16-23(28)26-10-12-27(13-11-26)32(29,30)21-9-8-18-6-4-5-7-19(18)14-21/h4-9,14,17H,3,10-13,15-16H2,1-2H3. The Morgan fingerprint density at radius 2 is 1.81 bits per heavy atom. The average molecular weight is 473 g/mol. The fourth-order valence-electron chi connectivity index (χ4n) is 3.90. The van der Waals surface area contributed by atoms with Crippen molar-refractivity contribution < 1.29 is 13.2 Å². The zero-order chi connectivity index (χ0) is 22.7. The van der Waals surface area contributed by atoms with Crippen LogP contribution >= 0.6 is 11.3 Å². The number of likely N-dealkylation sites (N-methyl/N-ethyl adjacent to an activating group) is 1. The monoisotopic (exact) mass is 472 g/mol. The largest absolute Gasteiger partial charge is 0.339 e. The maximum absolute atomic E-state index is 13.1. The average Bonchev–Trinajstić information content (AvgIpc) is 3.26. The van der Waals surface area contributed by atoms with Gasteiger partial charge in [0.25, 0.3) is 0 Å². The molecule has 1 aliphatic heterocycles. The first-order chi connectivity index (χ1) is 15.4. The maximum atomic E-state index is 13.1. The molecule has 0 bridgehead atoms. The predicted molar refractivity (Wildman–Crippen MR) is 127 cm³/mol. The minimum absolute atomic E-state index is 0.0150. The summed E-state index contributed by atoms with van der Waals surface area (Å²) in [4.78, 5) is 21.3. The molecule has 0 spiro atoms. The van der Waals surface area contributed by atoms with Crippen LogP contribution in [0.2, 0.25) is 0 Å². The molecule has 1 amide bonds. The molecule has 1 aliphatic rings. The lowest BCUT2D eigenvalue weighted by Crippen LogP contribution is -2.52. The Kier molecular flexibility index (Phi) is 6.90. The quantitative estimate of drug-likeness (QED) is 0.529. The third kappa shape index (κ3) is 5.01. The summed E-state index contributed by atoms with van der Waals surface area (Å²) in [5.74, 6) is 0.0150. The molecule has 0 aliphatic carbocycles. The van der Waals surface area contributed by atoms with E-state index < -0.39 is 10.0 Å². The molecule has 9 heteroatoms. The lowest BCUT2D eigenvalue weighted by atomic mass is 10.1. The molecule has 3 aromatic rings. The van der Waals surface area contributed by atoms with Crippen LogP contribution in [0.3, 0.4) is 0 Å². The number of hydrogen-bond donors (Lipinski definition) is 0. The molecular weight excluding hydrogens is 444 g/mol. The number of benzene rings is 2. The zero-order valence-corrected chi connectivity index (χ0v) is 20.0. The third-order valence-electron chi connectivity index (χ3n) is 5.69. The Bertz CT molecular complexity index is 1200. The van der Waals surface area contributed by atoms with Crippen LogP contribution in [0.25, 0.3) is 10.8 Å². The van der Waals surface area contributed by atoms with Crippen LogP contribution in [0.15, 0.2) is 52.7 Å². The van der Waals surface area contributed by atoms with Crippen molar-refractivity contribution in [2.45, 2.75) is 24.8 Å². The van der Waals surface area contributed by atoms with E-state index in [0.29, 0.717) is 37.6 Å². The van der Waals surface area contributed by atoms with E-state index >= 15 is 0 Å². The van der Waals surface area contributed by atoms with Gasteiger partial charge in [-0.2, -0.15) is 4.31 Å². The van der Waals surface area contributed by atoms with Gasteiger partial charge in [0, 0.05) is 38.1 Å². The van der Waals surface area contributed by atoms with E-state index in [1.165, 1.54) is 4.31 Å². The van der Waals surface area contributed by atoms with Crippen molar-refractivity contribution in [3.05, 3.63) is 58.5 Å². The Morgan fingerprint density at radius 1 is 1.09 bits per heavy atom. The minimum Gasteiger partial charge on any atom is -0.339 e. The van der Waals surface area contributed by atoms with Crippen LogP contribution in [-0.2, 0) is 27.8 Å². The second-order valence-corrected chi connectivity index (χ2v) is 10.9. The lowest BCUT2D eigenvalue weighted by molar-refractivity contribution is -0.133. The highest BCUT2D eigenvalue weighted by Crippen LogP contribution is 2.23. The van der Waals surface area contributed by atoms with Gasteiger partial charge in [-0.05, 0) is 36.4 Å². The summed E-state index contributed by atoms with van der Waals surface area (Å²) in [5.41, 5.74) is 0.980. The summed E-state index contributed by atoms with van der Waals surface area (Å²) in [5, 5.41) is 5.05. The van der Waals surface area contributed by atoms with Crippen LogP contribution in [-0.4, -0.2) is 73.2 Å². The Labute approximate surface area is 193 Å². The molecular formula is C23H28N4O3S2. The molecule has 32 heavy (non-hydrogen) atoms. The molecule has 1 fully saturated rings. The van der Waals surface area contributed by atoms with Gasteiger partial charge < -0.3 is 4.90 Å². The van der Waals surface area contributed by atoms with Crippen LogP contribution in [0.5, 0.6) is 0 Å². The number of hydrogen-bond acceptors (Lipinski definition) is 6. The number of fused-ring (bicyclic) bond motifs is 1. The first kappa shape index (κ1) is 22.8. The van der Waals surface area contributed by atoms with E-state index in [1.54, 1.807) is 28.4 Å². The van der Waals surface area contributed by atoms with E-state index in [-0.39, 0.29) is 12.5 Å². The van der Waals surface area contributed by atoms with Crippen molar-refractivity contribution in [2.75, 3.05) is 39.8 Å². The molecule has 4 rings (SSSR count). The third-order valence-corrected chi connectivity index (χ3v) is 8.63. The predicted octanol–water partition coefficient (Wildman–Crippen LogP) is 2.82. The van der Waals surface area contributed by atoms with Crippen molar-refractivity contribution in [2.24, 2.45) is 0 Å². The summed E-state index contributed by atoms with van der Waals surface area (Å²) in [6.45, 7) is 4.39. The molecule has 0 saturated carbocycles. The fraction of sp³-hybridized carbons (Fsp3) is 0.391. The Balaban J connectivity index is 1.33. The van der Waals surface area contributed by atoms with E-state index in [4.69, 9.17) is 0 Å². The van der Waals surface area contributed by atoms with Crippen LogP contribution in [0.4, 0.5) is 0 Å². The molecule has 0 radical (unpaired) electrons. The van der Waals surface area contributed by atoms with Crippen molar-refractivity contribution in [3.8, 4) is 0 Å². The molecule has 1 saturated heterocycles. The van der Waals surface area contributed by atoms with Crippen LogP contribution < -0.4 is 0 Å². The smallest absolute Gasteiger partial charge is 0.243 e. The second-order valence-electron chi connectivity index (χ2n) is 8.05. The molecule has 1 aromatic heterocycles. The van der Waals surface area contributed by atoms with Gasteiger partial charge >= 0.3 is 0 Å². The highest BCUT2D eigenvalue weighted by molar-refractivity contribution is 7.89. The molecule has 0 N–H and O–H groups in total. The number of aromatic nitrogens is 1. The topological polar surface area (TPSA) is 73.8 Å². The minimum atomic E-state index is -3.59. The maximum Gasteiger partial charge on any atom is 0.243 e. The first-order valence-corrected chi connectivity index (χ1v) is 13.1. The number of aryl methyl sites for hydroxylation is 1. The summed E-state index contributed by atoms with van der Waals surface area (Å²) in [7, 11) is -1.68. The highest BCUT2D eigenvalue weighted by atomic mass is 32.2. The lowest BCUT2D eigenvalue weighted by Gasteiger charge is -2.34. The fourth-order valence-corrected chi connectivity index (χ4v) is 6.10. The number of carbonyl (C=O) groups is 1. The number of piperazine rings is 1. The molecule has 2 aromatic carbocycles. The van der Waals surface area contributed by atoms with Gasteiger partial charge in [0.05, 0.1) is 22.1 Å². The number of rotatable bonds is 7. The molecule has 7 nitrogen and oxygen atoms in total. The first-order valence-electron chi connectivity index (χ1n) is 10.8. The zero-order valence-electron chi connectivity index (χ0n) is 18.4. The van der Waals surface area contributed by atoms with Gasteiger partial charge in [-0.15, -0.1) is 11.3 Å². The van der Waals surface area contributed by atoms with E-state index in [2.05, 4.69) is 11.9 Å². The summed E-state index contributed by atoms with van der Waals surface area (Å²) < 4.78 is 27.7. The highest BCUT2D eigenvalue weighted by Gasteiger charge is 2.30. The van der Waals surface area contributed by atoms with Gasteiger partial charge in [-0.3, -0.25) is 9.69 Å². The van der Waals surface area contributed by atoms with Crippen molar-refractivity contribution in [3.63, 3.8) is 0 Å². The molecule has 2 heterocycles. The van der Waals surface area contributed by atoms with Gasteiger partial charge in [0.2, 0.25) is 15.9 Å². The van der Waals surface area contributed by atoms with E-state index in [9.17, 15) is 13.2 Å². The van der Waals surface area contributed by atoms with Gasteiger partial charge in [0.15, 0.2) is 0 Å². The summed E-state index contributed by atoms with van der Waals surface area (Å²) in [6.07, 6.45) is 0.916. The molecule has 0 atom stereocenters. The number of thiazole rings is 1. The van der Waals surface area contributed by atoms with Crippen LogP contribution in [0.1, 0.15) is 17.6 Å². The van der Waals surface area contributed by atoms with Crippen molar-refractivity contribution in [1.82, 2.24) is 19.1 Å². The number of amides is 1. The summed E-state index contributed by atoms with van der Waals surface area (Å²) >= 11 is 1.64. The van der Waals surface area contributed by atoms with E-state index in [1.807, 2.05) is 47.7 Å². The van der Waals surface area contributed by atoms with E-state index in [0.717, 1.165) is 27.9 Å². The molecule has 170 valence electrons. The molecule has 0 unspecified atom stereocenters. The van der Waals surface area contributed by atoms with Gasteiger partial charge in [0.1, 0.15) is 0 Å². The van der Waals surface area contributed by atoms with Crippen LogP contribution in [0, 0.1) is 0 Å². The van der Waals surface area contributed by atoms with Crippen molar-refractivity contribution >= 4 is 38.0 Å². The Morgan fingerprint density at radius 3 is 2.50 bits per heavy atom. The number of sulfonamides is 1. The Hall–Kier alpha value is -2.33. The number of carbonyl (C=O) groups excluding carboxylic acids is 1.